The first-order chi connectivity index (χ1) is 25.2. The molecule has 264 valence electrons. The van der Waals surface area contributed by atoms with E-state index in [1.807, 2.05) is 0 Å². The summed E-state index contributed by atoms with van der Waals surface area (Å²) in [6, 6.07) is 27.4. The number of nitrogens with zero attached hydrogens (tertiary/aromatic N) is 2. The van der Waals surface area contributed by atoms with E-state index < -0.39 is 0 Å². The number of aromatic nitrogens is 2. The van der Waals surface area contributed by atoms with Crippen LogP contribution in [0.15, 0.2) is 72.8 Å². The molecule has 0 radical (unpaired) electrons. The van der Waals surface area contributed by atoms with E-state index in [2.05, 4.69) is 72.8 Å². The molecule has 3 nitrogen and oxygen atoms in total. The summed E-state index contributed by atoms with van der Waals surface area (Å²) in [5, 5.41) is 0. The molecule has 0 spiro atoms. The van der Waals surface area contributed by atoms with Gasteiger partial charge in [0.05, 0.1) is 0 Å². The standard InChI is InChI=1S/C48H56N2O/c1-3-7-35(8-4-1)45-27-39(29-47(49-45)43-25-31-11-13-37(43)23-31)33-15-19-41(20-16-33)51-42-21-17-34(18-22-42)40-28-46(36-9-5-2-6-10-36)50-48(30-40)44-26-32-12-14-38(44)24-32/h15-22,27-32,35-38,43-44H,1-14,23-26H2. The minimum atomic E-state index is 0.622. The Morgan fingerprint density at radius 3 is 1.18 bits per heavy atom. The van der Waals surface area contributed by atoms with Crippen LogP contribution in [0.2, 0.25) is 0 Å². The zero-order valence-corrected chi connectivity index (χ0v) is 30.6. The molecule has 2 heterocycles. The first kappa shape index (κ1) is 32.2. The number of ether oxygens (including phenoxy) is 1. The molecular formula is C48H56N2O. The summed E-state index contributed by atoms with van der Waals surface area (Å²) >= 11 is 0. The van der Waals surface area contributed by atoms with E-state index in [1.165, 1.54) is 161 Å². The van der Waals surface area contributed by atoms with Gasteiger partial charge in [-0.2, -0.15) is 0 Å². The maximum atomic E-state index is 6.45. The van der Waals surface area contributed by atoms with E-state index in [0.717, 1.165) is 35.2 Å². The molecule has 0 aliphatic heterocycles. The van der Waals surface area contributed by atoms with E-state index >= 15 is 0 Å². The van der Waals surface area contributed by atoms with Gasteiger partial charge >= 0.3 is 0 Å². The summed E-state index contributed by atoms with van der Waals surface area (Å²) in [4.78, 5) is 10.8. The van der Waals surface area contributed by atoms with Gasteiger partial charge in [-0.3, -0.25) is 9.97 Å². The van der Waals surface area contributed by atoms with Gasteiger partial charge in [0.2, 0.25) is 0 Å². The van der Waals surface area contributed by atoms with Crippen LogP contribution < -0.4 is 4.74 Å². The van der Waals surface area contributed by atoms with Crippen molar-refractivity contribution in [3.05, 3.63) is 95.6 Å². The highest BCUT2D eigenvalue weighted by atomic mass is 16.5. The van der Waals surface area contributed by atoms with Crippen LogP contribution in [0.3, 0.4) is 0 Å². The average molecular weight is 677 g/mol. The van der Waals surface area contributed by atoms with Gasteiger partial charge < -0.3 is 4.74 Å². The van der Waals surface area contributed by atoms with E-state index in [4.69, 9.17) is 14.7 Å². The van der Waals surface area contributed by atoms with E-state index in [9.17, 15) is 0 Å². The van der Waals surface area contributed by atoms with Crippen LogP contribution >= 0.6 is 0 Å². The number of rotatable bonds is 8. The Kier molecular flexibility index (Phi) is 8.73. The molecule has 6 saturated carbocycles. The molecule has 3 heteroatoms. The zero-order valence-electron chi connectivity index (χ0n) is 30.6. The second-order valence-corrected chi connectivity index (χ2v) is 17.8. The number of benzene rings is 2. The quantitative estimate of drug-likeness (QED) is 0.186. The monoisotopic (exact) mass is 676 g/mol. The Labute approximate surface area is 306 Å². The maximum Gasteiger partial charge on any atom is 0.127 e. The van der Waals surface area contributed by atoms with Crippen LogP contribution in [0, 0.1) is 23.7 Å². The molecule has 2 aromatic carbocycles. The first-order valence-electron chi connectivity index (χ1n) is 21.1. The summed E-state index contributed by atoms with van der Waals surface area (Å²) in [5.41, 5.74) is 10.7. The molecule has 6 aliphatic rings. The third-order valence-electron chi connectivity index (χ3n) is 14.6. The Balaban J connectivity index is 0.880. The summed E-state index contributed by atoms with van der Waals surface area (Å²) in [6.07, 6.45) is 24.6. The van der Waals surface area contributed by atoms with Crippen LogP contribution in [0.5, 0.6) is 11.5 Å². The molecule has 6 unspecified atom stereocenters. The lowest BCUT2D eigenvalue weighted by molar-refractivity contribution is 0.406. The highest BCUT2D eigenvalue weighted by Crippen LogP contribution is 2.54. The highest BCUT2D eigenvalue weighted by Gasteiger charge is 2.42. The van der Waals surface area contributed by atoms with Gasteiger partial charge in [0, 0.05) is 46.4 Å². The van der Waals surface area contributed by atoms with Crippen LogP contribution in [0.1, 0.15) is 162 Å². The highest BCUT2D eigenvalue weighted by molar-refractivity contribution is 5.67. The average Bonchev–Trinajstić information content (AvgIpc) is 4.03. The molecule has 4 bridgehead atoms. The molecule has 6 aliphatic carbocycles. The molecule has 6 fully saturated rings. The molecular weight excluding hydrogens is 621 g/mol. The largest absolute Gasteiger partial charge is 0.457 e. The van der Waals surface area contributed by atoms with Gasteiger partial charge in [0.15, 0.2) is 0 Å². The van der Waals surface area contributed by atoms with E-state index in [0.29, 0.717) is 23.7 Å². The van der Waals surface area contributed by atoms with Gasteiger partial charge in [0.25, 0.3) is 0 Å². The summed E-state index contributed by atoms with van der Waals surface area (Å²) < 4.78 is 6.45. The molecule has 10 rings (SSSR count). The van der Waals surface area contributed by atoms with Crippen LogP contribution in [-0.2, 0) is 0 Å². The molecule has 2 aromatic heterocycles. The van der Waals surface area contributed by atoms with Crippen LogP contribution in [-0.4, -0.2) is 9.97 Å². The second kappa shape index (κ2) is 13.8. The predicted molar refractivity (Wildman–Crippen MR) is 207 cm³/mol. The van der Waals surface area contributed by atoms with Crippen molar-refractivity contribution in [3.63, 3.8) is 0 Å². The zero-order chi connectivity index (χ0) is 33.7. The topological polar surface area (TPSA) is 35.0 Å². The van der Waals surface area contributed by atoms with Crippen molar-refractivity contribution < 1.29 is 4.74 Å². The van der Waals surface area contributed by atoms with Crippen molar-refractivity contribution in [1.29, 1.82) is 0 Å². The van der Waals surface area contributed by atoms with Crippen molar-refractivity contribution in [2.75, 3.05) is 0 Å². The van der Waals surface area contributed by atoms with Crippen molar-refractivity contribution in [2.45, 2.75) is 139 Å². The van der Waals surface area contributed by atoms with Gasteiger partial charge in [-0.15, -0.1) is 0 Å². The van der Waals surface area contributed by atoms with Gasteiger partial charge in [-0.05, 0) is 159 Å². The fraction of sp³-hybridized carbons (Fsp3) is 0.542. The normalized spacial score (nSPS) is 29.2. The third-order valence-corrected chi connectivity index (χ3v) is 14.6. The lowest BCUT2D eigenvalue weighted by atomic mass is 9.83. The van der Waals surface area contributed by atoms with E-state index in [-0.39, 0.29) is 0 Å². The Morgan fingerprint density at radius 2 is 0.804 bits per heavy atom. The number of hydrogen-bond donors (Lipinski definition) is 0. The maximum absolute atomic E-state index is 6.45. The third kappa shape index (κ3) is 6.57. The van der Waals surface area contributed by atoms with Crippen LogP contribution in [0.25, 0.3) is 22.3 Å². The van der Waals surface area contributed by atoms with Crippen molar-refractivity contribution in [2.24, 2.45) is 23.7 Å². The SMILES string of the molecule is c1cc(-c2cc(C3CCCCC3)nc(C3CC4CCC3C4)c2)ccc1Oc1ccc(-c2cc(C3CCCCC3)nc(C3CC4CCC3C4)c2)cc1. The van der Waals surface area contributed by atoms with E-state index in [1.54, 1.807) is 0 Å². The fourth-order valence-electron chi connectivity index (χ4n) is 11.9. The molecule has 6 atom stereocenters. The molecule has 0 N–H and O–H groups in total. The van der Waals surface area contributed by atoms with Crippen molar-refractivity contribution >= 4 is 0 Å². The summed E-state index contributed by atoms with van der Waals surface area (Å²) in [5.74, 6) is 7.91. The van der Waals surface area contributed by atoms with Crippen molar-refractivity contribution in [3.8, 4) is 33.8 Å². The molecule has 51 heavy (non-hydrogen) atoms. The number of fused-ring (bicyclic) bond motifs is 4. The predicted octanol–water partition coefficient (Wildman–Crippen LogP) is 13.5. The van der Waals surface area contributed by atoms with Gasteiger partial charge in [-0.25, -0.2) is 0 Å². The Bertz CT molecular complexity index is 1700. The Morgan fingerprint density at radius 1 is 0.392 bits per heavy atom. The second-order valence-electron chi connectivity index (χ2n) is 17.8. The minimum Gasteiger partial charge on any atom is -0.457 e. The van der Waals surface area contributed by atoms with Crippen LogP contribution in [0.4, 0.5) is 0 Å². The van der Waals surface area contributed by atoms with Crippen molar-refractivity contribution in [1.82, 2.24) is 9.97 Å². The smallest absolute Gasteiger partial charge is 0.127 e. The fourth-order valence-corrected chi connectivity index (χ4v) is 11.9. The molecule has 0 saturated heterocycles. The molecule has 4 aromatic rings. The summed E-state index contributed by atoms with van der Waals surface area (Å²) in [7, 11) is 0. The summed E-state index contributed by atoms with van der Waals surface area (Å²) in [6.45, 7) is 0. The lowest BCUT2D eigenvalue weighted by Gasteiger charge is -2.26. The lowest BCUT2D eigenvalue weighted by Crippen LogP contribution is -2.13. The minimum absolute atomic E-state index is 0.622. The van der Waals surface area contributed by atoms with Gasteiger partial charge in [0.1, 0.15) is 11.5 Å². The Hall–Kier alpha value is -3.46. The first-order valence-corrected chi connectivity index (χ1v) is 21.1. The number of hydrogen-bond acceptors (Lipinski definition) is 3. The van der Waals surface area contributed by atoms with Gasteiger partial charge in [-0.1, -0.05) is 75.6 Å². The molecule has 0 amide bonds. The number of pyridine rings is 2.